The van der Waals surface area contributed by atoms with E-state index < -0.39 is 0 Å². The first-order valence-electron chi connectivity index (χ1n) is 19.5. The van der Waals surface area contributed by atoms with E-state index in [0.29, 0.717) is 0 Å². The van der Waals surface area contributed by atoms with Crippen molar-refractivity contribution in [1.82, 2.24) is 4.98 Å². The molecule has 0 fully saturated rings. The summed E-state index contributed by atoms with van der Waals surface area (Å²) in [5, 5.41) is 5.10. The van der Waals surface area contributed by atoms with E-state index in [-0.39, 0.29) is 0 Å². The van der Waals surface area contributed by atoms with Gasteiger partial charge in [-0.3, -0.25) is 4.98 Å². The highest BCUT2D eigenvalue weighted by Gasteiger charge is 2.31. The van der Waals surface area contributed by atoms with Crippen molar-refractivity contribution in [1.29, 1.82) is 0 Å². The molecular weight excluding hydrogens is 689 g/mol. The van der Waals surface area contributed by atoms with Crippen molar-refractivity contribution in [3.63, 3.8) is 0 Å². The lowest BCUT2D eigenvalue weighted by Crippen LogP contribution is -2.10. The Bertz CT molecular complexity index is 2990. The minimum Gasteiger partial charge on any atom is -0.309 e. The number of aromatic nitrogens is 1. The summed E-state index contributed by atoms with van der Waals surface area (Å²) in [7, 11) is 0. The molecular formula is C55H36N2. The van der Waals surface area contributed by atoms with E-state index in [1.54, 1.807) is 0 Å². The number of benzene rings is 9. The van der Waals surface area contributed by atoms with Crippen molar-refractivity contribution in [3.8, 4) is 66.9 Å². The Morgan fingerprint density at radius 2 is 0.789 bits per heavy atom. The van der Waals surface area contributed by atoms with E-state index in [9.17, 15) is 0 Å². The first kappa shape index (κ1) is 32.8. The highest BCUT2D eigenvalue weighted by atomic mass is 15.1. The number of hydrogen-bond acceptors (Lipinski definition) is 2. The second kappa shape index (κ2) is 13.6. The summed E-state index contributed by atoms with van der Waals surface area (Å²) in [6.45, 7) is 0. The van der Waals surface area contributed by atoms with Crippen molar-refractivity contribution in [3.05, 3.63) is 219 Å². The summed E-state index contributed by atoms with van der Waals surface area (Å²) >= 11 is 0. The molecule has 1 aliphatic rings. The van der Waals surface area contributed by atoms with Crippen LogP contribution in [-0.2, 0) is 0 Å². The van der Waals surface area contributed by atoms with Crippen LogP contribution < -0.4 is 4.90 Å². The summed E-state index contributed by atoms with van der Waals surface area (Å²) in [5.74, 6) is 0. The normalized spacial score (nSPS) is 11.5. The Hall–Kier alpha value is -7.55. The van der Waals surface area contributed by atoms with Crippen LogP contribution in [0.1, 0.15) is 0 Å². The number of nitrogens with zero attached hydrogens (tertiary/aromatic N) is 2. The molecule has 57 heavy (non-hydrogen) atoms. The molecule has 1 aliphatic carbocycles. The molecule has 0 N–H and O–H groups in total. The first-order valence-corrected chi connectivity index (χ1v) is 19.5. The molecule has 0 atom stereocenters. The molecule has 0 saturated carbocycles. The van der Waals surface area contributed by atoms with Crippen molar-refractivity contribution in [2.45, 2.75) is 0 Å². The lowest BCUT2D eigenvalue weighted by Gasteiger charge is -2.26. The van der Waals surface area contributed by atoms with Gasteiger partial charge in [-0.1, -0.05) is 176 Å². The van der Waals surface area contributed by atoms with Crippen molar-refractivity contribution in [2.75, 3.05) is 4.90 Å². The molecule has 1 aromatic heterocycles. The van der Waals surface area contributed by atoms with Gasteiger partial charge in [-0.05, 0) is 114 Å². The van der Waals surface area contributed by atoms with Gasteiger partial charge in [0.2, 0.25) is 0 Å². The monoisotopic (exact) mass is 724 g/mol. The molecule has 2 nitrogen and oxygen atoms in total. The lowest BCUT2D eigenvalue weighted by molar-refractivity contribution is 1.23. The quantitative estimate of drug-likeness (QED) is 0.163. The minimum absolute atomic E-state index is 0.953. The number of pyridine rings is 1. The molecule has 0 radical (unpaired) electrons. The topological polar surface area (TPSA) is 16.1 Å². The highest BCUT2D eigenvalue weighted by molar-refractivity contribution is 6.28. The smallest absolute Gasteiger partial charge is 0.0703 e. The zero-order chi connectivity index (χ0) is 37.7. The van der Waals surface area contributed by atoms with Gasteiger partial charge in [0, 0.05) is 16.9 Å². The fraction of sp³-hybridized carbons (Fsp3) is 0. The van der Waals surface area contributed by atoms with Gasteiger partial charge in [0.05, 0.1) is 17.6 Å². The maximum absolute atomic E-state index is 4.92. The number of para-hydroxylation sites is 1. The zero-order valence-electron chi connectivity index (χ0n) is 31.2. The molecule has 0 amide bonds. The fourth-order valence-corrected chi connectivity index (χ4v) is 9.00. The van der Waals surface area contributed by atoms with Crippen LogP contribution in [0.15, 0.2) is 219 Å². The molecule has 266 valence electrons. The fourth-order valence-electron chi connectivity index (χ4n) is 9.00. The zero-order valence-corrected chi connectivity index (χ0v) is 31.2. The van der Waals surface area contributed by atoms with Gasteiger partial charge < -0.3 is 4.90 Å². The third kappa shape index (κ3) is 5.45. The van der Waals surface area contributed by atoms with Gasteiger partial charge in [-0.2, -0.15) is 0 Å². The second-order valence-corrected chi connectivity index (χ2v) is 14.7. The van der Waals surface area contributed by atoms with Crippen molar-refractivity contribution < 1.29 is 0 Å². The van der Waals surface area contributed by atoms with Crippen LogP contribution in [0, 0.1) is 0 Å². The SMILES string of the molecule is c1ccc(-c2ccc(N(c3ccccc3)c3cccc(-c4ccc5c6c(cccc46)-c4c-5c(-c5ccccc5)c5ccccc5c4-c4ccccc4)c3)cn2)cc1. The van der Waals surface area contributed by atoms with Crippen LogP contribution in [0.25, 0.3) is 88.4 Å². The predicted octanol–water partition coefficient (Wildman–Crippen LogP) is 15.2. The Balaban J connectivity index is 1.11. The van der Waals surface area contributed by atoms with Gasteiger partial charge in [-0.15, -0.1) is 0 Å². The van der Waals surface area contributed by atoms with Crippen molar-refractivity contribution >= 4 is 38.6 Å². The van der Waals surface area contributed by atoms with Crippen molar-refractivity contribution in [2.24, 2.45) is 0 Å². The molecule has 9 aromatic carbocycles. The Kier molecular flexibility index (Phi) is 7.86. The van der Waals surface area contributed by atoms with E-state index in [4.69, 9.17) is 4.98 Å². The summed E-state index contributed by atoms with van der Waals surface area (Å²) in [4.78, 5) is 7.22. The third-order valence-electron chi connectivity index (χ3n) is 11.4. The maximum Gasteiger partial charge on any atom is 0.0703 e. The van der Waals surface area contributed by atoms with Gasteiger partial charge in [0.25, 0.3) is 0 Å². The van der Waals surface area contributed by atoms with Gasteiger partial charge in [-0.25, -0.2) is 0 Å². The van der Waals surface area contributed by atoms with Crippen LogP contribution in [0.3, 0.4) is 0 Å². The molecule has 0 bridgehead atoms. The van der Waals surface area contributed by atoms with Crippen LogP contribution in [-0.4, -0.2) is 4.98 Å². The molecule has 2 heteroatoms. The van der Waals surface area contributed by atoms with Gasteiger partial charge in [0.1, 0.15) is 0 Å². The van der Waals surface area contributed by atoms with E-state index in [0.717, 1.165) is 28.3 Å². The standard InChI is InChI=1S/C55H36N2/c1-5-17-37(18-6-1)50-34-31-43(36-56-50)57(41-24-11-4-12-25-41)42-26-15-23-40(35-42)44-32-33-49-53-45(44)29-16-30-48(53)54-51(38-19-7-2-8-20-38)46-27-13-14-28-47(46)52(55(49)54)39-21-9-3-10-22-39/h1-36H. The van der Waals surface area contributed by atoms with Crippen LogP contribution in [0.2, 0.25) is 0 Å². The molecule has 0 saturated heterocycles. The number of fused-ring (bicyclic) bond motifs is 4. The predicted molar refractivity (Wildman–Crippen MR) is 240 cm³/mol. The summed E-state index contributed by atoms with van der Waals surface area (Å²) in [6.07, 6.45) is 1.98. The summed E-state index contributed by atoms with van der Waals surface area (Å²) < 4.78 is 0. The van der Waals surface area contributed by atoms with E-state index in [2.05, 4.69) is 211 Å². The largest absolute Gasteiger partial charge is 0.309 e. The number of rotatable bonds is 7. The Morgan fingerprint density at radius 1 is 0.298 bits per heavy atom. The lowest BCUT2D eigenvalue weighted by atomic mass is 9.82. The number of anilines is 3. The molecule has 1 heterocycles. The van der Waals surface area contributed by atoms with Crippen LogP contribution >= 0.6 is 0 Å². The van der Waals surface area contributed by atoms with Gasteiger partial charge in [0.15, 0.2) is 0 Å². The molecule has 10 aromatic rings. The molecule has 0 aliphatic heterocycles. The molecule has 0 unspecified atom stereocenters. The summed E-state index contributed by atoms with van der Waals surface area (Å²) in [6, 6.07) is 76.5. The molecule has 0 spiro atoms. The second-order valence-electron chi connectivity index (χ2n) is 14.7. The third-order valence-corrected chi connectivity index (χ3v) is 11.4. The Labute approximate surface area is 332 Å². The van der Waals surface area contributed by atoms with Crippen LogP contribution in [0.4, 0.5) is 17.1 Å². The number of hydrogen-bond donors (Lipinski definition) is 0. The molecule has 11 rings (SSSR count). The van der Waals surface area contributed by atoms with E-state index >= 15 is 0 Å². The highest BCUT2D eigenvalue weighted by Crippen LogP contribution is 2.58. The average molecular weight is 725 g/mol. The van der Waals surface area contributed by atoms with Gasteiger partial charge >= 0.3 is 0 Å². The maximum atomic E-state index is 4.92. The van der Waals surface area contributed by atoms with E-state index in [1.165, 1.54) is 77.2 Å². The average Bonchev–Trinajstić information content (AvgIpc) is 3.62. The van der Waals surface area contributed by atoms with Crippen LogP contribution in [0.5, 0.6) is 0 Å². The first-order chi connectivity index (χ1) is 28.3. The Morgan fingerprint density at radius 3 is 1.40 bits per heavy atom. The minimum atomic E-state index is 0.953. The van der Waals surface area contributed by atoms with E-state index in [1.807, 2.05) is 12.3 Å². The summed E-state index contributed by atoms with van der Waals surface area (Å²) in [5.41, 5.74) is 17.8.